The smallest absolute Gasteiger partial charge is 0.319 e. The molecule has 0 saturated carbocycles. The number of piperazine rings is 1. The molecule has 0 bridgehead atoms. The Bertz CT molecular complexity index is 1820. The molecule has 0 aliphatic carbocycles. The first-order valence-corrected chi connectivity index (χ1v) is 16.4. The van der Waals surface area contributed by atoms with E-state index in [4.69, 9.17) is 26.1 Å². The second-order valence-electron chi connectivity index (χ2n) is 12.6. The molecule has 6 heterocycles. The van der Waals surface area contributed by atoms with Crippen molar-refractivity contribution in [2.45, 2.75) is 64.5 Å². The predicted molar refractivity (Wildman–Crippen MR) is 179 cm³/mol. The summed E-state index contributed by atoms with van der Waals surface area (Å²) in [6.07, 6.45) is 10.9. The van der Waals surface area contributed by atoms with Crippen LogP contribution in [0.25, 0.3) is 32.9 Å². The number of fused-ring (bicyclic) bond motifs is 4. The van der Waals surface area contributed by atoms with Gasteiger partial charge in [0.05, 0.1) is 22.2 Å². The summed E-state index contributed by atoms with van der Waals surface area (Å²) in [4.78, 5) is 19.5. The van der Waals surface area contributed by atoms with Crippen molar-refractivity contribution < 1.29 is 19.6 Å². The Morgan fingerprint density at radius 2 is 1.85 bits per heavy atom. The minimum Gasteiger partial charge on any atom is -0.461 e. The fourth-order valence-corrected chi connectivity index (χ4v) is 8.09. The molecule has 4 aliphatic heterocycles. The van der Waals surface area contributed by atoms with E-state index in [1.165, 1.54) is 6.07 Å². The van der Waals surface area contributed by atoms with E-state index in [0.717, 1.165) is 69.5 Å². The van der Waals surface area contributed by atoms with Gasteiger partial charge in [-0.15, -0.1) is 6.42 Å². The van der Waals surface area contributed by atoms with Crippen LogP contribution in [0.15, 0.2) is 30.3 Å². The molecule has 4 aromatic rings. The number of halogens is 3. The molecule has 7 nitrogen and oxygen atoms in total. The van der Waals surface area contributed by atoms with E-state index in [2.05, 4.69) is 28.0 Å². The van der Waals surface area contributed by atoms with Crippen molar-refractivity contribution in [3.63, 3.8) is 0 Å². The maximum absolute atomic E-state index is 16.9. The summed E-state index contributed by atoms with van der Waals surface area (Å²) in [5.41, 5.74) is 1.60. The third-order valence-corrected chi connectivity index (χ3v) is 10.2. The Morgan fingerprint density at radius 1 is 1.07 bits per heavy atom. The molecule has 2 aromatic heterocycles. The SMILES string of the molecule is C#Cc1c(F)ccc2cccc(-c3nc4c5c(nc(OCC67CCCN6CCC7)nc5c3F)N3CCNC[C@H]3[C@H](C)C4)c12.CC.F.[HH]. The van der Waals surface area contributed by atoms with Gasteiger partial charge in [0.2, 0.25) is 0 Å². The number of hydrogen-bond donors (Lipinski definition) is 1. The van der Waals surface area contributed by atoms with Crippen LogP contribution in [0.1, 0.15) is 59.1 Å². The number of pyridine rings is 1. The number of aromatic nitrogens is 3. The van der Waals surface area contributed by atoms with Crippen molar-refractivity contribution in [2.75, 3.05) is 44.2 Å². The van der Waals surface area contributed by atoms with Crippen LogP contribution in [0.2, 0.25) is 0 Å². The van der Waals surface area contributed by atoms with Gasteiger partial charge in [0.1, 0.15) is 29.5 Å². The minimum absolute atomic E-state index is 0. The highest BCUT2D eigenvalue weighted by atomic mass is 19.1. The van der Waals surface area contributed by atoms with Crippen LogP contribution in [0.4, 0.5) is 19.3 Å². The molecule has 0 amide bonds. The zero-order valence-electron chi connectivity index (χ0n) is 26.7. The fourth-order valence-electron chi connectivity index (χ4n) is 8.09. The number of ether oxygens (including phenoxy) is 1. The summed E-state index contributed by atoms with van der Waals surface area (Å²) in [6, 6.07) is 8.80. The Morgan fingerprint density at radius 3 is 2.61 bits per heavy atom. The van der Waals surface area contributed by atoms with Crippen molar-refractivity contribution in [1.82, 2.24) is 25.2 Å². The van der Waals surface area contributed by atoms with Crippen LogP contribution in [0.3, 0.4) is 0 Å². The maximum atomic E-state index is 16.9. The number of nitrogens with zero attached hydrogens (tertiary/aromatic N) is 5. The first kappa shape index (κ1) is 32.0. The summed E-state index contributed by atoms with van der Waals surface area (Å²) < 4.78 is 38.2. The molecule has 46 heavy (non-hydrogen) atoms. The van der Waals surface area contributed by atoms with E-state index >= 15 is 4.39 Å². The lowest BCUT2D eigenvalue weighted by atomic mass is 9.93. The van der Waals surface area contributed by atoms with Crippen molar-refractivity contribution >= 4 is 27.5 Å². The molecule has 0 spiro atoms. The molecular formula is C36H43F3N6O. The molecule has 2 atom stereocenters. The highest BCUT2D eigenvalue weighted by Crippen LogP contribution is 2.43. The molecule has 2 aromatic carbocycles. The van der Waals surface area contributed by atoms with Gasteiger partial charge in [0.25, 0.3) is 0 Å². The number of hydrogen-bond acceptors (Lipinski definition) is 7. The number of benzene rings is 2. The minimum atomic E-state index is -0.574. The third kappa shape index (κ3) is 5.05. The van der Waals surface area contributed by atoms with Crippen molar-refractivity contribution in [2.24, 2.45) is 5.92 Å². The molecule has 4 aliphatic rings. The van der Waals surface area contributed by atoms with Crippen molar-refractivity contribution in [3.8, 4) is 29.6 Å². The van der Waals surface area contributed by atoms with Crippen LogP contribution in [-0.2, 0) is 6.42 Å². The van der Waals surface area contributed by atoms with E-state index in [1.54, 1.807) is 12.1 Å². The predicted octanol–water partition coefficient (Wildman–Crippen LogP) is 6.51. The van der Waals surface area contributed by atoms with E-state index in [1.807, 2.05) is 26.0 Å². The summed E-state index contributed by atoms with van der Waals surface area (Å²) >= 11 is 0. The van der Waals surface area contributed by atoms with Crippen LogP contribution in [0.5, 0.6) is 6.01 Å². The molecule has 1 N–H and O–H groups in total. The van der Waals surface area contributed by atoms with Gasteiger partial charge in [-0.2, -0.15) is 9.97 Å². The summed E-state index contributed by atoms with van der Waals surface area (Å²) in [5.74, 6) is 2.29. The lowest BCUT2D eigenvalue weighted by Gasteiger charge is -2.39. The van der Waals surface area contributed by atoms with Crippen molar-refractivity contribution in [1.29, 1.82) is 0 Å². The van der Waals surface area contributed by atoms with E-state index < -0.39 is 11.6 Å². The Balaban J connectivity index is 0.00000106. The van der Waals surface area contributed by atoms with Gasteiger partial charge in [0.15, 0.2) is 5.82 Å². The molecule has 244 valence electrons. The monoisotopic (exact) mass is 632 g/mol. The number of anilines is 1. The standard InChI is InChI=1S/C34H34F2N6O.C2H6.FH.H2/c1-3-22-24(35)10-9-21-7-4-8-23(27(21)22)30-29(36)31-28-25(38-30)17-20(2)26-18-37-13-16-42(26)32(28)40-33(39-31)43-19-34-11-5-14-41(34)15-6-12-34;1-2;;/h1,4,7-10,20,26,37H,5-6,11-19H2,2H3;1-2H3;2*1H/t20-,26+;;;/m1.../s1. The van der Waals surface area contributed by atoms with Gasteiger partial charge in [-0.05, 0) is 62.6 Å². The Labute approximate surface area is 269 Å². The zero-order valence-corrected chi connectivity index (χ0v) is 26.7. The first-order chi connectivity index (χ1) is 22.0. The fraction of sp³-hybridized carbons (Fsp3) is 0.472. The maximum Gasteiger partial charge on any atom is 0.319 e. The molecule has 0 radical (unpaired) electrons. The molecule has 0 unspecified atom stereocenters. The first-order valence-electron chi connectivity index (χ1n) is 16.4. The third-order valence-electron chi connectivity index (χ3n) is 10.2. The largest absolute Gasteiger partial charge is 0.461 e. The van der Waals surface area contributed by atoms with Crippen LogP contribution >= 0.6 is 0 Å². The van der Waals surface area contributed by atoms with Crippen molar-refractivity contribution in [3.05, 3.63) is 53.2 Å². The average Bonchev–Trinajstić information content (AvgIpc) is 3.63. The normalized spacial score (nSPS) is 21.4. The quantitative estimate of drug-likeness (QED) is 0.258. The zero-order chi connectivity index (χ0) is 31.3. The Hall–Kier alpha value is -3.94. The highest BCUT2D eigenvalue weighted by molar-refractivity contribution is 6.02. The summed E-state index contributed by atoms with van der Waals surface area (Å²) in [6.45, 7) is 11.2. The Kier molecular flexibility index (Phi) is 8.83. The van der Waals surface area contributed by atoms with Gasteiger partial charge >= 0.3 is 6.01 Å². The molecule has 8 rings (SSSR count). The topological polar surface area (TPSA) is 66.4 Å². The second-order valence-corrected chi connectivity index (χ2v) is 12.6. The van der Waals surface area contributed by atoms with Gasteiger partial charge in [-0.3, -0.25) is 9.60 Å². The summed E-state index contributed by atoms with van der Waals surface area (Å²) in [5, 5.41) is 5.35. The van der Waals surface area contributed by atoms with Crippen LogP contribution in [-0.4, -0.2) is 70.8 Å². The number of rotatable bonds is 4. The molecular weight excluding hydrogens is 589 g/mol. The van der Waals surface area contributed by atoms with Gasteiger partial charge in [-0.25, -0.2) is 13.8 Å². The van der Waals surface area contributed by atoms with Crippen LogP contribution in [0, 0.1) is 29.9 Å². The second kappa shape index (κ2) is 12.7. The van der Waals surface area contributed by atoms with E-state index in [9.17, 15) is 4.39 Å². The number of nitrogens with one attached hydrogen (secondary N) is 1. The molecule has 10 heteroatoms. The lowest BCUT2D eigenvalue weighted by molar-refractivity contribution is 0.108. The van der Waals surface area contributed by atoms with Crippen LogP contribution < -0.4 is 15.0 Å². The van der Waals surface area contributed by atoms with Gasteiger partial charge in [0, 0.05) is 38.1 Å². The van der Waals surface area contributed by atoms with Gasteiger partial charge < -0.3 is 15.0 Å². The molecule has 3 saturated heterocycles. The van der Waals surface area contributed by atoms with E-state index in [0.29, 0.717) is 35.2 Å². The number of terminal acetylenes is 1. The highest BCUT2D eigenvalue weighted by Gasteiger charge is 2.45. The van der Waals surface area contributed by atoms with E-state index in [-0.39, 0.29) is 46.4 Å². The average molecular weight is 633 g/mol. The molecule has 3 fully saturated rings. The lowest BCUT2D eigenvalue weighted by Crippen LogP contribution is -2.54. The summed E-state index contributed by atoms with van der Waals surface area (Å²) in [7, 11) is 0. The van der Waals surface area contributed by atoms with Gasteiger partial charge in [-0.1, -0.05) is 51.0 Å².